The molecule has 2 aromatic heterocycles. The first-order chi connectivity index (χ1) is 13.6. The van der Waals surface area contributed by atoms with Gasteiger partial charge in [0.2, 0.25) is 5.95 Å². The Kier molecular flexibility index (Phi) is 5.04. The second kappa shape index (κ2) is 7.79. The summed E-state index contributed by atoms with van der Waals surface area (Å²) in [7, 11) is 0. The summed E-state index contributed by atoms with van der Waals surface area (Å²) in [6, 6.07) is 7.56. The van der Waals surface area contributed by atoms with Gasteiger partial charge in [0, 0.05) is 38.3 Å². The van der Waals surface area contributed by atoms with E-state index in [4.69, 9.17) is 21.9 Å². The minimum atomic E-state index is 0.0359. The van der Waals surface area contributed by atoms with E-state index in [1.165, 1.54) is 0 Å². The number of piperazine rings is 1. The van der Waals surface area contributed by atoms with Gasteiger partial charge in [0.05, 0.1) is 0 Å². The van der Waals surface area contributed by atoms with Crippen LogP contribution in [0, 0.1) is 0 Å². The van der Waals surface area contributed by atoms with Gasteiger partial charge in [-0.05, 0) is 24.3 Å². The summed E-state index contributed by atoms with van der Waals surface area (Å²) >= 11 is 0. The number of benzene rings is 1. The van der Waals surface area contributed by atoms with Crippen LogP contribution in [0.4, 0.5) is 17.6 Å². The zero-order chi connectivity index (χ0) is 19.5. The van der Waals surface area contributed by atoms with Crippen molar-refractivity contribution in [3.05, 3.63) is 24.3 Å². The summed E-state index contributed by atoms with van der Waals surface area (Å²) in [6.07, 6.45) is 0. The molecular weight excluding hydrogens is 358 g/mol. The number of nitrogen functional groups attached to an aromatic ring is 3. The molecule has 0 saturated carbocycles. The highest BCUT2D eigenvalue weighted by atomic mass is 16.5. The molecule has 4 rings (SSSR count). The Morgan fingerprint density at radius 2 is 1.68 bits per heavy atom. The fraction of sp³-hybridized carbons (Fsp3) is 0.333. The maximum absolute atomic E-state index is 6.06. The third kappa shape index (κ3) is 3.87. The number of nitrogens with one attached hydrogen (secondary N) is 1. The Morgan fingerprint density at radius 1 is 0.929 bits per heavy atom. The molecule has 7 N–H and O–H groups in total. The average Bonchev–Trinajstić information content (AvgIpc) is 2.69. The van der Waals surface area contributed by atoms with E-state index in [0.29, 0.717) is 17.8 Å². The standard InChI is InChI=1S/C18H23N9O/c19-15-13(23-14-16(20)25-18(21)26-17(14)24-15)11-1-3-12(4-2-11)28-10-9-27-7-5-22-6-8-27/h1-4,22H,5-10H2,(H6,19,20,21,24,25,26). The lowest BCUT2D eigenvalue weighted by molar-refractivity contribution is 0.191. The van der Waals surface area contributed by atoms with Gasteiger partial charge in [-0.1, -0.05) is 0 Å². The van der Waals surface area contributed by atoms with Gasteiger partial charge in [-0.3, -0.25) is 4.90 Å². The summed E-state index contributed by atoms with van der Waals surface area (Å²) in [4.78, 5) is 19.1. The van der Waals surface area contributed by atoms with Crippen molar-refractivity contribution in [3.8, 4) is 17.0 Å². The van der Waals surface area contributed by atoms with Gasteiger partial charge in [0.25, 0.3) is 0 Å². The number of anilines is 3. The predicted molar refractivity (Wildman–Crippen MR) is 109 cm³/mol. The Bertz CT molecular complexity index is 971. The van der Waals surface area contributed by atoms with Crippen LogP contribution in [0.3, 0.4) is 0 Å². The summed E-state index contributed by atoms with van der Waals surface area (Å²) < 4.78 is 5.85. The highest BCUT2D eigenvalue weighted by Gasteiger charge is 2.13. The number of nitrogens with zero attached hydrogens (tertiary/aromatic N) is 5. The van der Waals surface area contributed by atoms with Crippen molar-refractivity contribution in [1.29, 1.82) is 0 Å². The lowest BCUT2D eigenvalue weighted by Gasteiger charge is -2.26. The van der Waals surface area contributed by atoms with Gasteiger partial charge in [0.1, 0.15) is 18.1 Å². The second-order valence-corrected chi connectivity index (χ2v) is 6.56. The molecule has 10 heteroatoms. The molecule has 0 bridgehead atoms. The van der Waals surface area contributed by atoms with E-state index >= 15 is 0 Å². The van der Waals surface area contributed by atoms with Gasteiger partial charge in [-0.15, -0.1) is 0 Å². The van der Waals surface area contributed by atoms with Crippen molar-refractivity contribution in [1.82, 2.24) is 30.2 Å². The van der Waals surface area contributed by atoms with Gasteiger partial charge in [-0.2, -0.15) is 9.97 Å². The van der Waals surface area contributed by atoms with Crippen molar-refractivity contribution in [2.75, 3.05) is 56.5 Å². The minimum absolute atomic E-state index is 0.0359. The first-order valence-corrected chi connectivity index (χ1v) is 9.12. The van der Waals surface area contributed by atoms with Gasteiger partial charge in [0.15, 0.2) is 22.8 Å². The minimum Gasteiger partial charge on any atom is -0.492 e. The van der Waals surface area contributed by atoms with E-state index in [9.17, 15) is 0 Å². The van der Waals surface area contributed by atoms with Crippen LogP contribution in [-0.2, 0) is 0 Å². The van der Waals surface area contributed by atoms with Crippen LogP contribution in [-0.4, -0.2) is 64.2 Å². The highest BCUT2D eigenvalue weighted by molar-refractivity contribution is 5.87. The van der Waals surface area contributed by atoms with Crippen LogP contribution in [0.25, 0.3) is 22.4 Å². The number of nitrogens with two attached hydrogens (primary N) is 3. The van der Waals surface area contributed by atoms with Crippen molar-refractivity contribution in [3.63, 3.8) is 0 Å². The molecule has 3 aromatic rings. The lowest BCUT2D eigenvalue weighted by Crippen LogP contribution is -2.44. The molecule has 0 unspecified atom stereocenters. The summed E-state index contributed by atoms with van der Waals surface area (Å²) in [5, 5.41) is 3.34. The number of ether oxygens (including phenoxy) is 1. The Hall–Kier alpha value is -3.24. The fourth-order valence-corrected chi connectivity index (χ4v) is 3.15. The molecule has 1 fully saturated rings. The molecule has 0 amide bonds. The maximum Gasteiger partial charge on any atom is 0.224 e. The molecular formula is C18H23N9O. The van der Waals surface area contributed by atoms with Crippen LogP contribution >= 0.6 is 0 Å². The molecule has 1 saturated heterocycles. The number of rotatable bonds is 5. The van der Waals surface area contributed by atoms with E-state index in [0.717, 1.165) is 44.0 Å². The molecule has 1 aromatic carbocycles. The van der Waals surface area contributed by atoms with Crippen LogP contribution in [0.1, 0.15) is 0 Å². The summed E-state index contributed by atoms with van der Waals surface area (Å²) in [5.41, 5.74) is 19.5. The van der Waals surface area contributed by atoms with Crippen LogP contribution in [0.5, 0.6) is 5.75 Å². The van der Waals surface area contributed by atoms with Gasteiger partial charge < -0.3 is 27.3 Å². The van der Waals surface area contributed by atoms with Crippen LogP contribution < -0.4 is 27.3 Å². The number of hydrogen-bond acceptors (Lipinski definition) is 10. The van der Waals surface area contributed by atoms with Crippen molar-refractivity contribution in [2.45, 2.75) is 0 Å². The van der Waals surface area contributed by atoms with E-state index in [-0.39, 0.29) is 23.2 Å². The largest absolute Gasteiger partial charge is 0.492 e. The zero-order valence-electron chi connectivity index (χ0n) is 15.4. The van der Waals surface area contributed by atoms with Gasteiger partial charge >= 0.3 is 0 Å². The van der Waals surface area contributed by atoms with E-state index in [1.807, 2.05) is 24.3 Å². The first kappa shape index (κ1) is 18.1. The summed E-state index contributed by atoms with van der Waals surface area (Å²) in [5.74, 6) is 1.25. The molecule has 3 heterocycles. The lowest BCUT2D eigenvalue weighted by atomic mass is 10.1. The maximum atomic E-state index is 6.06. The third-order valence-electron chi connectivity index (χ3n) is 4.62. The quantitative estimate of drug-likeness (QED) is 0.479. The van der Waals surface area contributed by atoms with Crippen LogP contribution in [0.15, 0.2) is 24.3 Å². The Morgan fingerprint density at radius 3 is 2.43 bits per heavy atom. The van der Waals surface area contributed by atoms with Crippen molar-refractivity contribution >= 4 is 28.7 Å². The highest BCUT2D eigenvalue weighted by Crippen LogP contribution is 2.27. The number of aromatic nitrogens is 4. The number of fused-ring (bicyclic) bond motifs is 1. The van der Waals surface area contributed by atoms with Gasteiger partial charge in [-0.25, -0.2) is 9.97 Å². The van der Waals surface area contributed by atoms with Crippen molar-refractivity contribution < 1.29 is 4.74 Å². The SMILES string of the molecule is Nc1nc(N)c2nc(-c3ccc(OCCN4CCNCC4)cc3)c(N)nc2n1. The Labute approximate surface area is 162 Å². The molecule has 1 aliphatic heterocycles. The molecule has 10 nitrogen and oxygen atoms in total. The molecule has 1 aliphatic rings. The second-order valence-electron chi connectivity index (χ2n) is 6.56. The molecule has 0 aliphatic carbocycles. The number of hydrogen-bond donors (Lipinski definition) is 4. The van der Waals surface area contributed by atoms with Crippen LogP contribution in [0.2, 0.25) is 0 Å². The molecule has 0 spiro atoms. The molecule has 0 radical (unpaired) electrons. The van der Waals surface area contributed by atoms with E-state index < -0.39 is 0 Å². The van der Waals surface area contributed by atoms with Crippen molar-refractivity contribution in [2.24, 2.45) is 0 Å². The van der Waals surface area contributed by atoms with E-state index in [1.54, 1.807) is 0 Å². The topological polar surface area (TPSA) is 154 Å². The summed E-state index contributed by atoms with van der Waals surface area (Å²) in [6.45, 7) is 5.74. The van der Waals surface area contributed by atoms with E-state index in [2.05, 4.69) is 30.2 Å². The monoisotopic (exact) mass is 381 g/mol. The molecule has 146 valence electrons. The smallest absolute Gasteiger partial charge is 0.224 e. The third-order valence-corrected chi connectivity index (χ3v) is 4.62. The fourth-order valence-electron chi connectivity index (χ4n) is 3.15. The first-order valence-electron chi connectivity index (χ1n) is 9.12. The predicted octanol–water partition coefficient (Wildman–Crippen LogP) is 0.117. The molecule has 28 heavy (non-hydrogen) atoms. The average molecular weight is 381 g/mol. The Balaban J connectivity index is 1.48. The zero-order valence-corrected chi connectivity index (χ0v) is 15.4. The molecule has 0 atom stereocenters. The normalized spacial score (nSPS) is 15.0.